The lowest BCUT2D eigenvalue weighted by atomic mass is 10.1. The Morgan fingerprint density at radius 3 is 2.25 bits per heavy atom. The molecule has 0 spiro atoms. The van der Waals surface area contributed by atoms with Gasteiger partial charge in [0.15, 0.2) is 0 Å². The highest BCUT2D eigenvalue weighted by Crippen LogP contribution is 2.28. The Bertz CT molecular complexity index is 1270. The van der Waals surface area contributed by atoms with Gasteiger partial charge in [-0.25, -0.2) is 8.42 Å². The van der Waals surface area contributed by atoms with Gasteiger partial charge in [0.1, 0.15) is 5.75 Å². The average Bonchev–Trinajstić information content (AvgIpc) is 3.34. The highest BCUT2D eigenvalue weighted by Gasteiger charge is 2.28. The summed E-state index contributed by atoms with van der Waals surface area (Å²) in [7, 11) is 4.82. The molecule has 1 heterocycles. The SMILES string of the molecule is COc1cc(C)c(S(=O)(=O)N(C)CC(=O)NCC(=O)N(C)Cc2ccc(N3CCCC3CN(C)C)cc2)c(C)c1. The van der Waals surface area contributed by atoms with Gasteiger partial charge in [-0.3, -0.25) is 9.59 Å². The molecule has 0 aromatic heterocycles. The first-order valence-corrected chi connectivity index (χ1v) is 14.9. The lowest BCUT2D eigenvalue weighted by Gasteiger charge is -2.29. The fourth-order valence-electron chi connectivity index (χ4n) is 5.19. The Hall–Kier alpha value is -3.15. The Morgan fingerprint density at radius 1 is 1.05 bits per heavy atom. The van der Waals surface area contributed by atoms with Gasteiger partial charge in [0.25, 0.3) is 0 Å². The summed E-state index contributed by atoms with van der Waals surface area (Å²) < 4.78 is 32.5. The van der Waals surface area contributed by atoms with E-state index in [0.29, 0.717) is 29.5 Å². The Balaban J connectivity index is 1.51. The Kier molecular flexibility index (Phi) is 10.6. The van der Waals surface area contributed by atoms with E-state index in [-0.39, 0.29) is 17.3 Å². The zero-order chi connectivity index (χ0) is 29.6. The van der Waals surface area contributed by atoms with Crippen LogP contribution in [-0.4, -0.2) is 102 Å². The van der Waals surface area contributed by atoms with Crippen LogP contribution in [0.15, 0.2) is 41.3 Å². The highest BCUT2D eigenvalue weighted by molar-refractivity contribution is 7.89. The number of amides is 2. The van der Waals surface area contributed by atoms with Crippen LogP contribution in [0.5, 0.6) is 5.75 Å². The minimum Gasteiger partial charge on any atom is -0.497 e. The Labute approximate surface area is 238 Å². The third-order valence-electron chi connectivity index (χ3n) is 7.21. The smallest absolute Gasteiger partial charge is 0.243 e. The van der Waals surface area contributed by atoms with Gasteiger partial charge >= 0.3 is 0 Å². The third kappa shape index (κ3) is 7.74. The summed E-state index contributed by atoms with van der Waals surface area (Å²) in [5.74, 6) is -0.262. The summed E-state index contributed by atoms with van der Waals surface area (Å²) >= 11 is 0. The molecule has 1 aliphatic rings. The average molecular weight is 574 g/mol. The summed E-state index contributed by atoms with van der Waals surface area (Å²) in [6, 6.07) is 12.1. The molecule has 0 bridgehead atoms. The van der Waals surface area contributed by atoms with Crippen molar-refractivity contribution in [3.05, 3.63) is 53.1 Å². The molecule has 1 atom stereocenters. The van der Waals surface area contributed by atoms with Crippen LogP contribution in [0.3, 0.4) is 0 Å². The molecule has 40 heavy (non-hydrogen) atoms. The van der Waals surface area contributed by atoms with Crippen LogP contribution in [-0.2, 0) is 26.2 Å². The quantitative estimate of drug-likeness (QED) is 0.416. The Morgan fingerprint density at radius 2 is 1.68 bits per heavy atom. The number of nitrogens with zero attached hydrogens (tertiary/aromatic N) is 4. The van der Waals surface area contributed by atoms with Gasteiger partial charge in [0, 0.05) is 45.5 Å². The van der Waals surface area contributed by atoms with E-state index < -0.39 is 22.5 Å². The standard InChI is InChI=1S/C29H43N5O5S/c1-21-15-26(39-7)16-22(2)29(21)40(37,38)33(6)20-27(35)30-17-28(36)32(5)18-23-10-12-24(13-11-23)34-14-8-9-25(34)19-31(3)4/h10-13,15-16,25H,8-9,14,17-20H2,1-7H3,(H,30,35). The first kappa shape index (κ1) is 31.4. The zero-order valence-electron chi connectivity index (χ0n) is 24.7. The van der Waals surface area contributed by atoms with Crippen LogP contribution in [0, 0.1) is 13.8 Å². The number of aryl methyl sites for hydroxylation is 2. The lowest BCUT2D eigenvalue weighted by molar-refractivity contribution is -0.132. The molecular weight excluding hydrogens is 530 g/mol. The van der Waals surface area contributed by atoms with Gasteiger partial charge in [-0.15, -0.1) is 0 Å². The molecule has 11 heteroatoms. The number of hydrogen-bond acceptors (Lipinski definition) is 7. The van der Waals surface area contributed by atoms with Crippen LogP contribution < -0.4 is 15.0 Å². The fraction of sp³-hybridized carbons (Fsp3) is 0.517. The molecule has 10 nitrogen and oxygen atoms in total. The van der Waals surface area contributed by atoms with Gasteiger partial charge in [-0.2, -0.15) is 4.31 Å². The summed E-state index contributed by atoms with van der Waals surface area (Å²) in [5.41, 5.74) is 3.24. The number of carbonyl (C=O) groups excluding carboxylic acids is 2. The molecule has 0 aliphatic carbocycles. The van der Waals surface area contributed by atoms with E-state index in [1.54, 1.807) is 37.9 Å². The second-order valence-corrected chi connectivity index (χ2v) is 12.8. The molecule has 220 valence electrons. The van der Waals surface area contributed by atoms with Gasteiger partial charge in [-0.05, 0) is 81.7 Å². The summed E-state index contributed by atoms with van der Waals surface area (Å²) in [5, 5.41) is 2.55. The summed E-state index contributed by atoms with van der Waals surface area (Å²) in [6.07, 6.45) is 2.37. The van der Waals surface area contributed by atoms with Gasteiger partial charge < -0.3 is 24.8 Å². The maximum Gasteiger partial charge on any atom is 0.243 e. The topological polar surface area (TPSA) is 102 Å². The predicted octanol–water partition coefficient (Wildman–Crippen LogP) is 2.24. The van der Waals surface area contributed by atoms with Crippen LogP contribution in [0.25, 0.3) is 0 Å². The number of rotatable bonds is 12. The molecule has 2 aromatic rings. The van der Waals surface area contributed by atoms with Gasteiger partial charge in [0.2, 0.25) is 21.8 Å². The van der Waals surface area contributed by atoms with Crippen LogP contribution >= 0.6 is 0 Å². The van der Waals surface area contributed by atoms with Crippen molar-refractivity contribution in [1.29, 1.82) is 0 Å². The molecular formula is C29H43N5O5S. The first-order valence-electron chi connectivity index (χ1n) is 13.5. The minimum atomic E-state index is -3.92. The number of carbonyl (C=O) groups is 2. The second kappa shape index (κ2) is 13.5. The van der Waals surface area contributed by atoms with Crippen molar-refractivity contribution in [2.45, 2.75) is 44.2 Å². The highest BCUT2D eigenvalue weighted by atomic mass is 32.2. The molecule has 0 saturated carbocycles. The molecule has 1 aliphatic heterocycles. The van der Waals surface area contributed by atoms with Crippen LogP contribution in [0.4, 0.5) is 5.69 Å². The second-order valence-electron chi connectivity index (χ2n) is 10.8. The molecule has 3 rings (SSSR count). The summed E-state index contributed by atoms with van der Waals surface area (Å²) in [6.45, 7) is 5.22. The maximum absolute atomic E-state index is 13.2. The van der Waals surface area contributed by atoms with E-state index in [9.17, 15) is 18.0 Å². The first-order chi connectivity index (χ1) is 18.8. The van der Waals surface area contributed by atoms with Crippen molar-refractivity contribution >= 4 is 27.5 Å². The van der Waals surface area contributed by atoms with E-state index in [1.807, 2.05) is 12.1 Å². The molecule has 1 unspecified atom stereocenters. The van der Waals surface area contributed by atoms with Crippen LogP contribution in [0.2, 0.25) is 0 Å². The molecule has 1 saturated heterocycles. The number of benzene rings is 2. The van der Waals surface area contributed by atoms with E-state index >= 15 is 0 Å². The van der Waals surface area contributed by atoms with Crippen LogP contribution in [0.1, 0.15) is 29.5 Å². The van der Waals surface area contributed by atoms with Crippen molar-refractivity contribution in [2.24, 2.45) is 0 Å². The largest absolute Gasteiger partial charge is 0.497 e. The van der Waals surface area contributed by atoms with Crippen molar-refractivity contribution in [1.82, 2.24) is 19.4 Å². The number of sulfonamides is 1. The minimum absolute atomic E-state index is 0.142. The maximum atomic E-state index is 13.2. The molecule has 2 aromatic carbocycles. The van der Waals surface area contributed by atoms with Crippen molar-refractivity contribution in [3.8, 4) is 5.75 Å². The van der Waals surface area contributed by atoms with E-state index in [4.69, 9.17) is 4.74 Å². The van der Waals surface area contributed by atoms with Gasteiger partial charge in [-0.1, -0.05) is 12.1 Å². The van der Waals surface area contributed by atoms with Crippen molar-refractivity contribution in [2.75, 3.05) is 66.4 Å². The number of likely N-dealkylation sites (N-methyl/N-ethyl adjacent to an activating group) is 3. The van der Waals surface area contributed by atoms with Gasteiger partial charge in [0.05, 0.1) is 25.1 Å². The monoisotopic (exact) mass is 573 g/mol. The summed E-state index contributed by atoms with van der Waals surface area (Å²) in [4.78, 5) is 31.6. The molecule has 1 N–H and O–H groups in total. The molecule has 0 radical (unpaired) electrons. The van der Waals surface area contributed by atoms with Crippen molar-refractivity contribution < 1.29 is 22.7 Å². The molecule has 1 fully saturated rings. The van der Waals surface area contributed by atoms with E-state index in [2.05, 4.69) is 41.3 Å². The number of ether oxygens (including phenoxy) is 1. The lowest BCUT2D eigenvalue weighted by Crippen LogP contribution is -2.43. The molecule has 2 amide bonds. The number of nitrogens with one attached hydrogen (secondary N) is 1. The van der Waals surface area contributed by atoms with E-state index in [1.165, 1.54) is 32.7 Å². The zero-order valence-corrected chi connectivity index (χ0v) is 25.5. The third-order valence-corrected chi connectivity index (χ3v) is 9.32. The number of anilines is 1. The van der Waals surface area contributed by atoms with E-state index in [0.717, 1.165) is 23.0 Å². The number of hydrogen-bond donors (Lipinski definition) is 1. The number of methoxy groups -OCH3 is 1. The predicted molar refractivity (Wildman–Crippen MR) is 157 cm³/mol. The fourth-order valence-corrected chi connectivity index (χ4v) is 6.72. The normalized spacial score (nSPS) is 15.5. The van der Waals surface area contributed by atoms with Crippen molar-refractivity contribution in [3.63, 3.8) is 0 Å².